The van der Waals surface area contributed by atoms with E-state index in [1.165, 1.54) is 48.5 Å². The van der Waals surface area contributed by atoms with Crippen molar-refractivity contribution >= 4 is 21.6 Å². The fourth-order valence-corrected chi connectivity index (χ4v) is 3.84. The number of rotatable bonds is 11. The fraction of sp³-hybridized carbons (Fsp3) is 0.231. The average molecular weight is 590 g/mol. The minimum atomic E-state index is -5.03. The third-order valence-electron chi connectivity index (χ3n) is 5.13. The first kappa shape index (κ1) is 30.5. The number of hydrogen-bond acceptors (Lipinski definition) is 7. The van der Waals surface area contributed by atoms with Gasteiger partial charge in [-0.25, -0.2) is 0 Å². The van der Waals surface area contributed by atoms with Crippen LogP contribution in [-0.4, -0.2) is 45.5 Å². The Bertz CT molecular complexity index is 1430. The van der Waals surface area contributed by atoms with Gasteiger partial charge in [0.25, 0.3) is 5.78 Å². The van der Waals surface area contributed by atoms with Gasteiger partial charge in [0, 0.05) is 17.5 Å². The molecule has 3 aromatic rings. The Kier molecular flexibility index (Phi) is 9.45. The lowest BCUT2D eigenvalue weighted by atomic mass is 10.1. The molecule has 0 atom stereocenters. The van der Waals surface area contributed by atoms with E-state index in [2.05, 4.69) is 9.44 Å². The van der Waals surface area contributed by atoms with E-state index in [1.807, 2.05) is 0 Å². The van der Waals surface area contributed by atoms with Gasteiger partial charge in [-0.1, -0.05) is 22.9 Å². The average Bonchev–Trinajstić information content (AvgIpc) is 2.88. The summed E-state index contributed by atoms with van der Waals surface area (Å²) in [6.07, 6.45) is -9.69. The summed E-state index contributed by atoms with van der Waals surface area (Å²) in [5, 5.41) is 2.88. The molecule has 0 fully saturated rings. The van der Waals surface area contributed by atoms with Crippen LogP contribution in [0.1, 0.15) is 27.9 Å². The molecule has 0 bridgehead atoms. The molecule has 0 aliphatic rings. The number of ether oxygens (including phenoxy) is 2. The predicted octanol–water partition coefficient (Wildman–Crippen LogP) is 6.26. The van der Waals surface area contributed by atoms with Crippen molar-refractivity contribution in [1.82, 2.24) is 0 Å². The number of benzene rings is 3. The summed E-state index contributed by atoms with van der Waals surface area (Å²) in [4.78, 5) is 10.8. The number of Topliss-reactive ketones (excluding diaryl/α,β-unsaturated/α-hetero) is 1. The summed E-state index contributed by atoms with van der Waals surface area (Å²) in [5.41, 5.74) is -1.81. The van der Waals surface area contributed by atoms with Gasteiger partial charge < -0.3 is 9.47 Å². The van der Waals surface area contributed by atoms with E-state index >= 15 is 0 Å². The standard InChI is InChI=1S/C26H21F6NO6S/c1-17-3-13-22(14-4-17)40(35,36)39-33-23(25(27,28)29)18-5-9-20(10-6-18)37-15-2-16-38-21-11-7-19(8-12-21)24(34)26(30,31)32/h3-14H,2,15-16H2,1H3. The van der Waals surface area contributed by atoms with E-state index < -0.39 is 45.1 Å². The van der Waals surface area contributed by atoms with Gasteiger partial charge in [0.1, 0.15) is 16.4 Å². The van der Waals surface area contributed by atoms with Gasteiger partial charge in [-0.2, -0.15) is 34.8 Å². The SMILES string of the molecule is Cc1ccc(S(=O)(=O)ON=C(c2ccc(OCCCOc3ccc(C(=O)C(F)(F)F)cc3)cc2)C(F)(F)F)cc1. The quantitative estimate of drug-likeness (QED) is 0.0863. The minimum Gasteiger partial charge on any atom is -0.493 e. The molecule has 14 heteroatoms. The number of oxime groups is 1. The van der Waals surface area contributed by atoms with Crippen molar-refractivity contribution in [3.63, 3.8) is 0 Å². The topological polar surface area (TPSA) is 91.3 Å². The third kappa shape index (κ3) is 8.46. The van der Waals surface area contributed by atoms with Crippen LogP contribution >= 0.6 is 0 Å². The Morgan fingerprint density at radius 2 is 1.20 bits per heavy atom. The first-order valence-electron chi connectivity index (χ1n) is 11.4. The maximum Gasteiger partial charge on any atom is 0.454 e. The van der Waals surface area contributed by atoms with Crippen molar-refractivity contribution in [3.8, 4) is 11.5 Å². The van der Waals surface area contributed by atoms with E-state index in [0.717, 1.165) is 29.8 Å². The number of nitrogens with zero attached hydrogens (tertiary/aromatic N) is 1. The highest BCUT2D eigenvalue weighted by atomic mass is 32.2. The number of carbonyl (C=O) groups is 1. The molecule has 0 unspecified atom stereocenters. The van der Waals surface area contributed by atoms with Gasteiger partial charge in [0.15, 0.2) is 5.71 Å². The van der Waals surface area contributed by atoms with Crippen LogP contribution < -0.4 is 9.47 Å². The Morgan fingerprint density at radius 3 is 1.65 bits per heavy atom. The molecule has 0 aromatic heterocycles. The van der Waals surface area contributed by atoms with Crippen LogP contribution in [0.25, 0.3) is 0 Å². The van der Waals surface area contributed by atoms with Gasteiger partial charge in [-0.15, -0.1) is 0 Å². The van der Waals surface area contributed by atoms with Crippen LogP contribution in [0.15, 0.2) is 82.8 Å². The summed E-state index contributed by atoms with van der Waals surface area (Å²) in [7, 11) is -4.58. The number of carbonyl (C=O) groups excluding carboxylic acids is 1. The van der Waals surface area contributed by atoms with E-state index in [1.54, 1.807) is 6.92 Å². The second kappa shape index (κ2) is 12.4. The smallest absolute Gasteiger partial charge is 0.454 e. The summed E-state index contributed by atoms with van der Waals surface area (Å²) in [6.45, 7) is 1.89. The maximum atomic E-state index is 13.6. The molecule has 0 aliphatic heterocycles. The summed E-state index contributed by atoms with van der Waals surface area (Å²) < 4.78 is 118. The molecule has 3 rings (SSSR count). The van der Waals surface area contributed by atoms with Crippen LogP contribution in [0.3, 0.4) is 0 Å². The van der Waals surface area contributed by atoms with Gasteiger partial charge in [0.05, 0.1) is 13.2 Å². The molecule has 0 radical (unpaired) electrons. The minimum absolute atomic E-state index is 0.0854. The lowest BCUT2D eigenvalue weighted by Gasteiger charge is -2.12. The molecule has 7 nitrogen and oxygen atoms in total. The Balaban J connectivity index is 1.54. The van der Waals surface area contributed by atoms with Crippen LogP contribution in [0.4, 0.5) is 26.3 Å². The van der Waals surface area contributed by atoms with Crippen molar-refractivity contribution in [1.29, 1.82) is 0 Å². The van der Waals surface area contributed by atoms with Crippen molar-refractivity contribution in [2.45, 2.75) is 30.6 Å². The largest absolute Gasteiger partial charge is 0.493 e. The molecule has 214 valence electrons. The zero-order chi connectivity index (χ0) is 29.6. The van der Waals surface area contributed by atoms with Crippen molar-refractivity contribution in [2.24, 2.45) is 5.16 Å². The molecule has 0 spiro atoms. The fourth-order valence-electron chi connectivity index (χ4n) is 3.12. The number of alkyl halides is 6. The van der Waals surface area contributed by atoms with E-state index in [-0.39, 0.29) is 29.6 Å². The van der Waals surface area contributed by atoms with Gasteiger partial charge in [-0.05, 0) is 67.6 Å². The number of ketones is 1. The van der Waals surface area contributed by atoms with Crippen LogP contribution in [-0.2, 0) is 14.4 Å². The Morgan fingerprint density at radius 1 is 0.725 bits per heavy atom. The normalized spacial score (nSPS) is 12.6. The van der Waals surface area contributed by atoms with Crippen LogP contribution in [0.5, 0.6) is 11.5 Å². The Hall–Kier alpha value is -4.07. The zero-order valence-electron chi connectivity index (χ0n) is 20.6. The van der Waals surface area contributed by atoms with Gasteiger partial charge in [-0.3, -0.25) is 9.08 Å². The monoisotopic (exact) mass is 589 g/mol. The first-order valence-corrected chi connectivity index (χ1v) is 12.8. The van der Waals surface area contributed by atoms with Crippen molar-refractivity contribution < 1.29 is 53.3 Å². The summed E-state index contributed by atoms with van der Waals surface area (Å²) >= 11 is 0. The third-order valence-corrected chi connectivity index (χ3v) is 6.25. The number of hydrogen-bond donors (Lipinski definition) is 0. The molecule has 0 saturated carbocycles. The van der Waals surface area contributed by atoms with Gasteiger partial charge in [0.2, 0.25) is 0 Å². The maximum absolute atomic E-state index is 13.6. The molecule has 0 aliphatic carbocycles. The molecule has 0 heterocycles. The lowest BCUT2D eigenvalue weighted by molar-refractivity contribution is -0.0885. The van der Waals surface area contributed by atoms with Crippen LogP contribution in [0, 0.1) is 6.92 Å². The number of halogens is 6. The molecule has 0 saturated heterocycles. The first-order chi connectivity index (χ1) is 18.7. The van der Waals surface area contributed by atoms with Crippen molar-refractivity contribution in [3.05, 3.63) is 89.5 Å². The second-order valence-electron chi connectivity index (χ2n) is 8.21. The molecular weight excluding hydrogens is 568 g/mol. The van der Waals surface area contributed by atoms with Gasteiger partial charge >= 0.3 is 22.5 Å². The second-order valence-corrected chi connectivity index (χ2v) is 9.73. The van der Waals surface area contributed by atoms with Crippen molar-refractivity contribution in [2.75, 3.05) is 13.2 Å². The van der Waals surface area contributed by atoms with E-state index in [4.69, 9.17) is 9.47 Å². The van der Waals surface area contributed by atoms with E-state index in [9.17, 15) is 39.6 Å². The Labute approximate surface area is 225 Å². The molecule has 3 aromatic carbocycles. The summed E-state index contributed by atoms with van der Waals surface area (Å²) in [6, 6.07) is 14.2. The predicted molar refractivity (Wildman–Crippen MR) is 131 cm³/mol. The highest BCUT2D eigenvalue weighted by Crippen LogP contribution is 2.26. The molecule has 0 N–H and O–H groups in total. The highest BCUT2D eigenvalue weighted by molar-refractivity contribution is 7.86. The molecular formula is C26H21F6NO6S. The van der Waals surface area contributed by atoms with Crippen LogP contribution in [0.2, 0.25) is 0 Å². The summed E-state index contributed by atoms with van der Waals surface area (Å²) in [5.74, 6) is -1.53. The van der Waals surface area contributed by atoms with E-state index in [0.29, 0.717) is 6.42 Å². The molecule has 0 amide bonds. The zero-order valence-corrected chi connectivity index (χ0v) is 21.4. The highest BCUT2D eigenvalue weighted by Gasteiger charge is 2.39. The number of aryl methyl sites for hydroxylation is 1. The lowest BCUT2D eigenvalue weighted by Crippen LogP contribution is -2.25. The molecule has 40 heavy (non-hydrogen) atoms.